The van der Waals surface area contributed by atoms with Gasteiger partial charge in [0.15, 0.2) is 0 Å². The lowest BCUT2D eigenvalue weighted by atomic mass is 9.99. The lowest BCUT2D eigenvalue weighted by Gasteiger charge is -2.18. The number of nitrogens with two attached hydrogens (primary N) is 1. The zero-order valence-electron chi connectivity index (χ0n) is 18.5. The fourth-order valence-corrected chi connectivity index (χ4v) is 3.71. The predicted molar refractivity (Wildman–Crippen MR) is 131 cm³/mol. The van der Waals surface area contributed by atoms with Gasteiger partial charge in [-0.3, -0.25) is 9.59 Å². The molecular weight excluding hydrogens is 440 g/mol. The summed E-state index contributed by atoms with van der Waals surface area (Å²) < 4.78 is 0. The summed E-state index contributed by atoms with van der Waals surface area (Å²) in [5.74, 6) is -0.550. The summed E-state index contributed by atoms with van der Waals surface area (Å²) in [6.07, 6.45) is 2.24. The number of aromatic hydroxyl groups is 1. The number of hydrogen-bond donors (Lipinski definition) is 4. The van der Waals surface area contributed by atoms with Gasteiger partial charge in [-0.2, -0.15) is 5.10 Å². The van der Waals surface area contributed by atoms with Crippen LogP contribution in [0.1, 0.15) is 41.8 Å². The molecular formula is C25H27ClN4O3. The van der Waals surface area contributed by atoms with Crippen LogP contribution >= 0.6 is 11.6 Å². The Kier molecular flexibility index (Phi) is 8.03. The van der Waals surface area contributed by atoms with Gasteiger partial charge in [-0.25, -0.2) is 5.43 Å². The second-order valence-corrected chi connectivity index (χ2v) is 8.60. The monoisotopic (exact) mass is 466 g/mol. The van der Waals surface area contributed by atoms with Gasteiger partial charge < -0.3 is 16.2 Å². The van der Waals surface area contributed by atoms with Crippen LogP contribution in [0.4, 0.5) is 0 Å². The van der Waals surface area contributed by atoms with Gasteiger partial charge in [-0.05, 0) is 46.9 Å². The summed E-state index contributed by atoms with van der Waals surface area (Å²) in [6, 6.07) is 15.5. The molecule has 0 aliphatic rings. The Morgan fingerprint density at radius 3 is 2.52 bits per heavy atom. The van der Waals surface area contributed by atoms with Gasteiger partial charge in [0.05, 0.1) is 17.3 Å². The van der Waals surface area contributed by atoms with Crippen LogP contribution in [0.15, 0.2) is 59.7 Å². The first-order valence-electron chi connectivity index (χ1n) is 10.6. The predicted octanol–water partition coefficient (Wildman–Crippen LogP) is 3.95. The van der Waals surface area contributed by atoms with Crippen LogP contribution < -0.4 is 16.5 Å². The number of primary amides is 1. The number of benzene rings is 3. The van der Waals surface area contributed by atoms with E-state index in [0.717, 1.165) is 21.9 Å². The average molecular weight is 467 g/mol. The molecule has 0 spiro atoms. The Morgan fingerprint density at radius 2 is 1.85 bits per heavy atom. The molecule has 172 valence electrons. The Morgan fingerprint density at radius 1 is 1.12 bits per heavy atom. The molecule has 0 saturated heterocycles. The van der Waals surface area contributed by atoms with E-state index in [4.69, 9.17) is 17.3 Å². The number of fused-ring (bicyclic) bond motifs is 1. The lowest BCUT2D eigenvalue weighted by molar-refractivity contribution is -0.120. The molecule has 0 aliphatic heterocycles. The highest BCUT2D eigenvalue weighted by Gasteiger charge is 2.17. The number of hydrazone groups is 1. The number of phenolic OH excluding ortho intramolecular Hbond substituents is 1. The number of carbonyl (C=O) groups excluding carboxylic acids is 2. The maximum absolute atomic E-state index is 12.3. The van der Waals surface area contributed by atoms with Crippen molar-refractivity contribution >= 4 is 40.4 Å². The molecule has 0 aliphatic carbocycles. The van der Waals surface area contributed by atoms with Crippen LogP contribution in [0, 0.1) is 5.92 Å². The highest BCUT2D eigenvalue weighted by molar-refractivity contribution is 6.32. The average Bonchev–Trinajstić information content (AvgIpc) is 2.78. The largest absolute Gasteiger partial charge is 0.506 e. The summed E-state index contributed by atoms with van der Waals surface area (Å²) in [4.78, 5) is 24.1. The summed E-state index contributed by atoms with van der Waals surface area (Å²) >= 11 is 5.86. The maximum Gasteiger partial charge on any atom is 0.271 e. The fourth-order valence-electron chi connectivity index (χ4n) is 3.53. The topological polar surface area (TPSA) is 117 Å². The molecule has 3 aromatic rings. The Bertz CT molecular complexity index is 1190. The van der Waals surface area contributed by atoms with E-state index in [9.17, 15) is 14.7 Å². The third kappa shape index (κ3) is 6.31. The van der Waals surface area contributed by atoms with E-state index >= 15 is 0 Å². The zero-order valence-corrected chi connectivity index (χ0v) is 19.3. The Hall–Kier alpha value is -3.42. The first kappa shape index (κ1) is 24.2. The van der Waals surface area contributed by atoms with E-state index in [2.05, 4.69) is 29.7 Å². The number of halogens is 1. The van der Waals surface area contributed by atoms with Crippen LogP contribution in [0.25, 0.3) is 10.8 Å². The van der Waals surface area contributed by atoms with Gasteiger partial charge in [-0.1, -0.05) is 61.8 Å². The van der Waals surface area contributed by atoms with Crippen LogP contribution in [0.2, 0.25) is 5.02 Å². The lowest BCUT2D eigenvalue weighted by Crippen LogP contribution is -2.41. The first-order valence-corrected chi connectivity index (χ1v) is 11.0. The van der Waals surface area contributed by atoms with Crippen molar-refractivity contribution in [2.75, 3.05) is 0 Å². The number of amides is 2. The number of nitrogens with one attached hydrogen (secondary N) is 2. The number of carbonyl (C=O) groups is 2. The quantitative estimate of drug-likeness (QED) is 0.282. The van der Waals surface area contributed by atoms with Crippen LogP contribution in [-0.2, 0) is 11.3 Å². The molecule has 3 rings (SSSR count). The van der Waals surface area contributed by atoms with Crippen molar-refractivity contribution in [2.45, 2.75) is 32.9 Å². The van der Waals surface area contributed by atoms with Crippen LogP contribution in [0.5, 0.6) is 5.75 Å². The van der Waals surface area contributed by atoms with E-state index in [-0.39, 0.29) is 22.2 Å². The van der Waals surface area contributed by atoms with E-state index in [1.807, 2.05) is 36.4 Å². The van der Waals surface area contributed by atoms with Crippen molar-refractivity contribution in [1.82, 2.24) is 10.7 Å². The highest BCUT2D eigenvalue weighted by atomic mass is 35.5. The van der Waals surface area contributed by atoms with Crippen LogP contribution in [-0.4, -0.2) is 29.2 Å². The summed E-state index contributed by atoms with van der Waals surface area (Å²) in [6.45, 7) is 4.60. The molecule has 8 heteroatoms. The van der Waals surface area contributed by atoms with E-state index in [0.29, 0.717) is 18.9 Å². The third-order valence-electron chi connectivity index (χ3n) is 5.22. The minimum Gasteiger partial charge on any atom is -0.506 e. The third-order valence-corrected chi connectivity index (χ3v) is 5.52. The molecule has 1 atom stereocenters. The number of phenols is 1. The number of rotatable bonds is 9. The van der Waals surface area contributed by atoms with Gasteiger partial charge in [0.1, 0.15) is 5.75 Å². The zero-order chi connectivity index (χ0) is 24.0. The van der Waals surface area contributed by atoms with Crippen molar-refractivity contribution < 1.29 is 14.7 Å². The molecule has 33 heavy (non-hydrogen) atoms. The number of hydrogen-bond acceptors (Lipinski definition) is 5. The highest BCUT2D eigenvalue weighted by Crippen LogP contribution is 2.24. The van der Waals surface area contributed by atoms with Gasteiger partial charge in [0.2, 0.25) is 5.91 Å². The second kappa shape index (κ2) is 10.9. The molecule has 0 heterocycles. The minimum absolute atomic E-state index is 0.0915. The summed E-state index contributed by atoms with van der Waals surface area (Å²) in [7, 11) is 0. The summed E-state index contributed by atoms with van der Waals surface area (Å²) in [5.41, 5.74) is 10.2. The standard InChI is InChI=1S/C25H27ClN4O3/c1-15(2)11-22(24(27)32)28-13-17-7-8-18(20-6-4-3-5-19(17)20)14-29-30-25(33)16-9-10-23(31)21(26)12-16/h3-10,12,14-15,22,28,31H,11,13H2,1-2H3,(H2,27,32)(H,30,33)/t22-/m0/s1. The molecule has 0 fully saturated rings. The van der Waals surface area contributed by atoms with Crippen molar-refractivity contribution in [3.63, 3.8) is 0 Å². The van der Waals surface area contributed by atoms with Gasteiger partial charge in [0.25, 0.3) is 5.91 Å². The smallest absolute Gasteiger partial charge is 0.271 e. The van der Waals surface area contributed by atoms with Crippen molar-refractivity contribution in [3.05, 3.63) is 76.3 Å². The van der Waals surface area contributed by atoms with Gasteiger partial charge in [0, 0.05) is 17.7 Å². The molecule has 3 aromatic carbocycles. The fraction of sp³-hybridized carbons (Fsp3) is 0.240. The van der Waals surface area contributed by atoms with Gasteiger partial charge in [-0.15, -0.1) is 0 Å². The van der Waals surface area contributed by atoms with Crippen molar-refractivity contribution in [1.29, 1.82) is 0 Å². The van der Waals surface area contributed by atoms with E-state index < -0.39 is 11.9 Å². The SMILES string of the molecule is CC(C)C[C@H](NCc1ccc(C=NNC(=O)c2ccc(O)c(Cl)c2)c2ccccc12)C(N)=O. The van der Waals surface area contributed by atoms with E-state index in [1.165, 1.54) is 18.2 Å². The van der Waals surface area contributed by atoms with Gasteiger partial charge >= 0.3 is 0 Å². The molecule has 0 radical (unpaired) electrons. The molecule has 2 amide bonds. The summed E-state index contributed by atoms with van der Waals surface area (Å²) in [5, 5.41) is 18.9. The molecule has 5 N–H and O–H groups in total. The Labute approximate surface area is 197 Å². The van der Waals surface area contributed by atoms with Crippen molar-refractivity contribution in [3.8, 4) is 5.75 Å². The molecule has 0 aromatic heterocycles. The maximum atomic E-state index is 12.3. The minimum atomic E-state index is -0.444. The van der Waals surface area contributed by atoms with Crippen LogP contribution in [0.3, 0.4) is 0 Å². The normalized spacial score (nSPS) is 12.4. The molecule has 7 nitrogen and oxygen atoms in total. The van der Waals surface area contributed by atoms with E-state index in [1.54, 1.807) is 6.21 Å². The first-order chi connectivity index (χ1) is 15.8. The molecule has 0 bridgehead atoms. The molecule has 0 unspecified atom stereocenters. The van der Waals surface area contributed by atoms with Crippen molar-refractivity contribution in [2.24, 2.45) is 16.8 Å². The second-order valence-electron chi connectivity index (χ2n) is 8.19. The molecule has 0 saturated carbocycles. The number of nitrogens with zero attached hydrogens (tertiary/aromatic N) is 1. The Balaban J connectivity index is 1.76.